The van der Waals surface area contributed by atoms with Crippen molar-refractivity contribution >= 4 is 10.9 Å². The second-order valence-corrected chi connectivity index (χ2v) is 9.44. The van der Waals surface area contributed by atoms with Crippen molar-refractivity contribution in [1.82, 2.24) is 13.7 Å². The van der Waals surface area contributed by atoms with Crippen LogP contribution in [0.2, 0.25) is 0 Å². The van der Waals surface area contributed by atoms with Gasteiger partial charge >= 0.3 is 5.69 Å². The van der Waals surface area contributed by atoms with Crippen LogP contribution in [-0.4, -0.2) is 20.5 Å². The maximum absolute atomic E-state index is 13.7. The first kappa shape index (κ1) is 21.6. The SMILES string of the molecule is Cc1ccc(-c2c3c(=O)n(C)c(=O)n(C)c3c3n2-c2ccccc2O[C@@H]3c2ccc3c(c2)OCO3)cc1. The molecule has 0 saturated heterocycles. The Balaban J connectivity index is 1.66. The number of para-hydroxylation sites is 2. The van der Waals surface area contributed by atoms with Crippen molar-refractivity contribution in [2.75, 3.05) is 6.79 Å². The van der Waals surface area contributed by atoms with Crippen LogP contribution in [0.3, 0.4) is 0 Å². The second kappa shape index (κ2) is 7.64. The molecular formula is C29H23N3O5. The molecule has 2 aliphatic heterocycles. The van der Waals surface area contributed by atoms with Crippen molar-refractivity contribution in [2.45, 2.75) is 13.0 Å². The number of rotatable bonds is 2. The summed E-state index contributed by atoms with van der Waals surface area (Å²) in [5.74, 6) is 1.97. The van der Waals surface area contributed by atoms with Crippen LogP contribution in [0, 0.1) is 6.92 Å². The topological polar surface area (TPSA) is 76.6 Å². The first-order valence-electron chi connectivity index (χ1n) is 12.0. The van der Waals surface area contributed by atoms with Gasteiger partial charge in [0.1, 0.15) is 5.75 Å². The number of aromatic nitrogens is 3. The highest BCUT2D eigenvalue weighted by molar-refractivity contribution is 5.98. The zero-order chi connectivity index (χ0) is 25.4. The van der Waals surface area contributed by atoms with E-state index in [9.17, 15) is 9.59 Å². The minimum atomic E-state index is -0.608. The number of ether oxygens (including phenoxy) is 3. The van der Waals surface area contributed by atoms with E-state index in [1.54, 1.807) is 7.05 Å². The summed E-state index contributed by atoms with van der Waals surface area (Å²) in [5, 5.41) is 0.467. The summed E-state index contributed by atoms with van der Waals surface area (Å²) >= 11 is 0. The molecule has 3 aromatic carbocycles. The molecule has 0 unspecified atom stereocenters. The predicted octanol–water partition coefficient (Wildman–Crippen LogP) is 4.21. The molecule has 2 aromatic heterocycles. The molecule has 5 aromatic rings. The zero-order valence-electron chi connectivity index (χ0n) is 20.5. The number of benzene rings is 3. The number of hydrogen-bond donors (Lipinski definition) is 0. The highest BCUT2D eigenvalue weighted by Gasteiger charge is 2.36. The van der Waals surface area contributed by atoms with Crippen molar-refractivity contribution in [2.24, 2.45) is 14.1 Å². The molecule has 8 nitrogen and oxygen atoms in total. The fraction of sp³-hybridized carbons (Fsp3) is 0.172. The van der Waals surface area contributed by atoms with Crippen molar-refractivity contribution in [3.05, 3.63) is 104 Å². The van der Waals surface area contributed by atoms with E-state index in [4.69, 9.17) is 14.2 Å². The first-order valence-corrected chi connectivity index (χ1v) is 12.0. The quantitative estimate of drug-likeness (QED) is 0.368. The standard InChI is InChI=1S/C29H23N3O5/c1-16-8-10-17(11-9-16)24-23-25(30(2)29(34)31(3)28(23)33)26-27(18-12-13-21-22(14-18)36-15-35-21)37-20-7-5-4-6-19(20)32(24)26/h4-14,27H,15H2,1-3H3/t27-/m1/s1. The Hall–Kier alpha value is -4.72. The molecule has 0 amide bonds. The first-order chi connectivity index (χ1) is 17.9. The van der Waals surface area contributed by atoms with E-state index >= 15 is 0 Å². The monoisotopic (exact) mass is 493 g/mol. The lowest BCUT2D eigenvalue weighted by Gasteiger charge is -2.30. The van der Waals surface area contributed by atoms with Gasteiger partial charge in [0.2, 0.25) is 6.79 Å². The largest absolute Gasteiger partial charge is 0.477 e. The molecule has 7 rings (SSSR count). The van der Waals surface area contributed by atoms with Gasteiger partial charge in [-0.25, -0.2) is 4.79 Å². The van der Waals surface area contributed by atoms with Gasteiger partial charge in [0.05, 0.1) is 28.0 Å². The van der Waals surface area contributed by atoms with Crippen LogP contribution < -0.4 is 25.5 Å². The van der Waals surface area contributed by atoms with Crippen molar-refractivity contribution in [1.29, 1.82) is 0 Å². The third-order valence-electron chi connectivity index (χ3n) is 7.23. The van der Waals surface area contributed by atoms with Crippen LogP contribution >= 0.6 is 0 Å². The smallest absolute Gasteiger partial charge is 0.331 e. The maximum Gasteiger partial charge on any atom is 0.331 e. The van der Waals surface area contributed by atoms with E-state index in [1.165, 1.54) is 11.6 Å². The van der Waals surface area contributed by atoms with Crippen LogP contribution in [0.25, 0.3) is 27.8 Å². The third kappa shape index (κ3) is 2.95. The zero-order valence-corrected chi connectivity index (χ0v) is 20.5. The minimum Gasteiger partial charge on any atom is -0.477 e. The molecule has 0 fully saturated rings. The van der Waals surface area contributed by atoms with Gasteiger partial charge in [-0.3, -0.25) is 13.9 Å². The van der Waals surface area contributed by atoms with E-state index in [-0.39, 0.29) is 12.4 Å². The molecular weight excluding hydrogens is 470 g/mol. The van der Waals surface area contributed by atoms with Crippen LogP contribution in [0.5, 0.6) is 17.2 Å². The Labute approximate surface area is 211 Å². The molecule has 4 heterocycles. The summed E-state index contributed by atoms with van der Waals surface area (Å²) < 4.78 is 22.5. The Morgan fingerprint density at radius 1 is 0.838 bits per heavy atom. The highest BCUT2D eigenvalue weighted by Crippen LogP contribution is 2.47. The van der Waals surface area contributed by atoms with E-state index in [0.717, 1.165) is 32.6 Å². The molecule has 0 radical (unpaired) electrons. The number of fused-ring (bicyclic) bond motifs is 6. The Morgan fingerprint density at radius 2 is 1.59 bits per heavy atom. The van der Waals surface area contributed by atoms with Gasteiger partial charge in [0, 0.05) is 19.7 Å². The fourth-order valence-electron chi connectivity index (χ4n) is 5.40. The molecule has 1 atom stereocenters. The molecule has 0 spiro atoms. The average molecular weight is 494 g/mol. The summed E-state index contributed by atoms with van der Waals surface area (Å²) in [5.41, 5.74) is 4.84. The Bertz CT molecular complexity index is 1860. The summed E-state index contributed by atoms with van der Waals surface area (Å²) in [6.07, 6.45) is -0.608. The number of aryl methyl sites for hydroxylation is 2. The van der Waals surface area contributed by atoms with Crippen molar-refractivity contribution in [3.8, 4) is 34.2 Å². The third-order valence-corrected chi connectivity index (χ3v) is 7.23. The fourth-order valence-corrected chi connectivity index (χ4v) is 5.40. The summed E-state index contributed by atoms with van der Waals surface area (Å²) in [6.45, 7) is 2.19. The molecule has 2 aliphatic rings. The van der Waals surface area contributed by atoms with Crippen molar-refractivity contribution < 1.29 is 14.2 Å². The molecule has 0 aliphatic carbocycles. The molecule has 8 heteroatoms. The van der Waals surface area contributed by atoms with E-state index < -0.39 is 11.8 Å². The van der Waals surface area contributed by atoms with Gasteiger partial charge in [-0.15, -0.1) is 0 Å². The van der Waals surface area contributed by atoms with E-state index in [2.05, 4.69) is 4.57 Å². The molecule has 0 saturated carbocycles. The van der Waals surface area contributed by atoms with Crippen LogP contribution in [0.1, 0.15) is 22.9 Å². The van der Waals surface area contributed by atoms with Gasteiger partial charge in [0.25, 0.3) is 5.56 Å². The molecule has 184 valence electrons. The normalized spacial score (nSPS) is 15.4. The van der Waals surface area contributed by atoms with Gasteiger partial charge in [-0.1, -0.05) is 48.0 Å². The van der Waals surface area contributed by atoms with Gasteiger partial charge in [0.15, 0.2) is 17.6 Å². The lowest BCUT2D eigenvalue weighted by atomic mass is 10.0. The Kier molecular flexibility index (Phi) is 4.45. The molecule has 0 N–H and O–H groups in total. The number of nitrogens with zero attached hydrogens (tertiary/aromatic N) is 3. The maximum atomic E-state index is 13.7. The van der Waals surface area contributed by atoms with Crippen LogP contribution in [0.4, 0.5) is 0 Å². The van der Waals surface area contributed by atoms with Gasteiger partial charge in [-0.05, 0) is 36.8 Å². The minimum absolute atomic E-state index is 0.161. The Morgan fingerprint density at radius 3 is 2.41 bits per heavy atom. The lowest BCUT2D eigenvalue weighted by molar-refractivity contribution is 0.173. The summed E-state index contributed by atoms with van der Waals surface area (Å²) in [7, 11) is 3.21. The lowest BCUT2D eigenvalue weighted by Crippen LogP contribution is -2.37. The predicted molar refractivity (Wildman–Crippen MR) is 139 cm³/mol. The second-order valence-electron chi connectivity index (χ2n) is 9.44. The van der Waals surface area contributed by atoms with E-state index in [1.807, 2.05) is 73.7 Å². The van der Waals surface area contributed by atoms with Gasteiger partial charge < -0.3 is 18.8 Å². The summed E-state index contributed by atoms with van der Waals surface area (Å²) in [4.78, 5) is 26.9. The van der Waals surface area contributed by atoms with Crippen LogP contribution in [-0.2, 0) is 14.1 Å². The molecule has 37 heavy (non-hydrogen) atoms. The summed E-state index contributed by atoms with van der Waals surface area (Å²) in [6, 6.07) is 21.5. The number of hydrogen-bond acceptors (Lipinski definition) is 5. The highest BCUT2D eigenvalue weighted by atomic mass is 16.7. The van der Waals surface area contributed by atoms with Crippen molar-refractivity contribution in [3.63, 3.8) is 0 Å². The van der Waals surface area contributed by atoms with E-state index in [0.29, 0.717) is 33.8 Å². The average Bonchev–Trinajstić information content (AvgIpc) is 3.53. The van der Waals surface area contributed by atoms with Crippen LogP contribution in [0.15, 0.2) is 76.3 Å². The van der Waals surface area contributed by atoms with Gasteiger partial charge in [-0.2, -0.15) is 0 Å². The molecule has 0 bridgehead atoms.